The molecule has 0 saturated carbocycles. The molecule has 17 heavy (non-hydrogen) atoms. The molecule has 0 aromatic heterocycles. The number of carbonyl (C=O) groups excluding carboxylic acids is 1. The second-order valence-electron chi connectivity index (χ2n) is 3.63. The molecule has 1 rings (SSSR count). The number of carbonyl (C=O) groups is 1. The lowest BCUT2D eigenvalue weighted by Gasteiger charge is -2.13. The molecule has 2 N–H and O–H groups in total. The fraction of sp³-hybridized carbons (Fsp3) is 0.308. The zero-order chi connectivity index (χ0) is 12.7. The molecule has 0 saturated heterocycles. The van der Waals surface area contributed by atoms with E-state index in [2.05, 4.69) is 16.6 Å². The van der Waals surface area contributed by atoms with Gasteiger partial charge in [-0.05, 0) is 24.6 Å². The van der Waals surface area contributed by atoms with E-state index in [-0.39, 0.29) is 25.0 Å². The molecule has 4 heteroatoms. The van der Waals surface area contributed by atoms with E-state index in [1.165, 1.54) is 0 Å². The van der Waals surface area contributed by atoms with Crippen LogP contribution in [0.5, 0.6) is 0 Å². The van der Waals surface area contributed by atoms with Crippen molar-refractivity contribution in [2.45, 2.75) is 13.0 Å². The van der Waals surface area contributed by atoms with Crippen LogP contribution in [0.4, 0.5) is 0 Å². The van der Waals surface area contributed by atoms with Crippen molar-refractivity contribution in [3.63, 3.8) is 0 Å². The fourth-order valence-electron chi connectivity index (χ4n) is 1.33. The minimum absolute atomic E-state index is 0.0869. The van der Waals surface area contributed by atoms with Crippen molar-refractivity contribution in [3.05, 3.63) is 34.9 Å². The Morgan fingerprint density at radius 3 is 2.71 bits per heavy atom. The molecule has 1 amide bonds. The van der Waals surface area contributed by atoms with Crippen LogP contribution in [-0.2, 0) is 4.79 Å². The van der Waals surface area contributed by atoms with E-state index in [1.54, 1.807) is 0 Å². The van der Waals surface area contributed by atoms with Crippen LogP contribution in [0.25, 0.3) is 0 Å². The first-order valence-electron chi connectivity index (χ1n) is 5.32. The molecule has 0 bridgehead atoms. The summed E-state index contributed by atoms with van der Waals surface area (Å²) >= 11 is 5.80. The fourth-order valence-corrected chi connectivity index (χ4v) is 1.45. The van der Waals surface area contributed by atoms with Crippen molar-refractivity contribution in [1.82, 2.24) is 10.6 Å². The number of rotatable bonds is 5. The third kappa shape index (κ3) is 4.90. The molecule has 0 aliphatic carbocycles. The molecule has 1 aromatic rings. The van der Waals surface area contributed by atoms with Gasteiger partial charge < -0.3 is 10.6 Å². The summed E-state index contributed by atoms with van der Waals surface area (Å²) < 4.78 is 0. The van der Waals surface area contributed by atoms with E-state index in [4.69, 9.17) is 18.0 Å². The van der Waals surface area contributed by atoms with E-state index < -0.39 is 0 Å². The van der Waals surface area contributed by atoms with Gasteiger partial charge in [0.1, 0.15) is 0 Å². The summed E-state index contributed by atoms with van der Waals surface area (Å²) in [6.45, 7) is 2.49. The highest BCUT2D eigenvalue weighted by molar-refractivity contribution is 6.30. The second-order valence-corrected chi connectivity index (χ2v) is 4.07. The van der Waals surface area contributed by atoms with E-state index in [0.29, 0.717) is 5.02 Å². The highest BCUT2D eigenvalue weighted by atomic mass is 35.5. The molecular formula is C13H15ClN2O. The standard InChI is InChI=1S/C13H15ClN2O/c1-3-8-15-13(17)9-16-10(2)11-4-6-12(14)7-5-11/h1,4-7,10,16H,8-9H2,2H3,(H,15,17)/t10-/m0/s1. The third-order valence-corrected chi connectivity index (χ3v) is 2.58. The molecule has 1 atom stereocenters. The first kappa shape index (κ1) is 13.6. The minimum Gasteiger partial charge on any atom is -0.344 e. The van der Waals surface area contributed by atoms with Crippen LogP contribution in [-0.4, -0.2) is 19.0 Å². The van der Waals surface area contributed by atoms with Crippen molar-refractivity contribution < 1.29 is 4.79 Å². The minimum atomic E-state index is -0.108. The lowest BCUT2D eigenvalue weighted by atomic mass is 10.1. The molecule has 3 nitrogen and oxygen atoms in total. The summed E-state index contributed by atoms with van der Waals surface area (Å²) in [6.07, 6.45) is 5.04. The van der Waals surface area contributed by atoms with Gasteiger partial charge >= 0.3 is 0 Å². The van der Waals surface area contributed by atoms with Crippen LogP contribution < -0.4 is 10.6 Å². The molecule has 0 fully saturated rings. The summed E-state index contributed by atoms with van der Waals surface area (Å²) in [5, 5.41) is 6.39. The highest BCUT2D eigenvalue weighted by Gasteiger charge is 2.06. The smallest absolute Gasteiger partial charge is 0.234 e. The summed E-state index contributed by atoms with van der Waals surface area (Å²) in [6, 6.07) is 7.60. The van der Waals surface area contributed by atoms with Gasteiger partial charge in [-0.2, -0.15) is 0 Å². The maximum absolute atomic E-state index is 11.3. The van der Waals surface area contributed by atoms with Gasteiger partial charge in [-0.1, -0.05) is 29.7 Å². The van der Waals surface area contributed by atoms with Crippen LogP contribution in [0.1, 0.15) is 18.5 Å². The first-order chi connectivity index (χ1) is 8.13. The Morgan fingerprint density at radius 1 is 1.47 bits per heavy atom. The van der Waals surface area contributed by atoms with Crippen LogP contribution in [0.3, 0.4) is 0 Å². The summed E-state index contributed by atoms with van der Waals surface area (Å²) in [4.78, 5) is 11.3. The van der Waals surface area contributed by atoms with Gasteiger partial charge in [-0.15, -0.1) is 6.42 Å². The lowest BCUT2D eigenvalue weighted by molar-refractivity contribution is -0.120. The van der Waals surface area contributed by atoms with Crippen molar-refractivity contribution >= 4 is 17.5 Å². The molecular weight excluding hydrogens is 236 g/mol. The van der Waals surface area contributed by atoms with Gasteiger partial charge in [-0.3, -0.25) is 4.79 Å². The Hall–Kier alpha value is -1.50. The maximum atomic E-state index is 11.3. The van der Waals surface area contributed by atoms with E-state index >= 15 is 0 Å². The zero-order valence-corrected chi connectivity index (χ0v) is 10.4. The van der Waals surface area contributed by atoms with Gasteiger partial charge in [0.2, 0.25) is 5.91 Å². The number of halogens is 1. The summed E-state index contributed by atoms with van der Waals surface area (Å²) in [5.41, 5.74) is 1.08. The number of nitrogens with one attached hydrogen (secondary N) is 2. The van der Waals surface area contributed by atoms with E-state index in [0.717, 1.165) is 5.56 Å². The first-order valence-corrected chi connectivity index (χ1v) is 5.70. The van der Waals surface area contributed by atoms with E-state index in [1.807, 2.05) is 31.2 Å². The lowest BCUT2D eigenvalue weighted by Crippen LogP contribution is -2.35. The molecule has 0 radical (unpaired) electrons. The third-order valence-electron chi connectivity index (χ3n) is 2.33. The Balaban J connectivity index is 2.39. The molecule has 0 heterocycles. The Morgan fingerprint density at radius 2 is 2.12 bits per heavy atom. The van der Waals surface area contributed by atoms with Crippen molar-refractivity contribution in [3.8, 4) is 12.3 Å². The quantitative estimate of drug-likeness (QED) is 0.782. The molecule has 0 unspecified atom stereocenters. The number of benzene rings is 1. The number of terminal acetylenes is 1. The maximum Gasteiger partial charge on any atom is 0.234 e. The largest absolute Gasteiger partial charge is 0.344 e. The van der Waals surface area contributed by atoms with Crippen LogP contribution in [0.2, 0.25) is 5.02 Å². The van der Waals surface area contributed by atoms with Crippen LogP contribution in [0, 0.1) is 12.3 Å². The van der Waals surface area contributed by atoms with Gasteiger partial charge in [0.25, 0.3) is 0 Å². The monoisotopic (exact) mass is 250 g/mol. The Bertz CT molecular complexity index is 408. The number of hydrogen-bond donors (Lipinski definition) is 2. The van der Waals surface area contributed by atoms with Crippen molar-refractivity contribution in [2.75, 3.05) is 13.1 Å². The number of amides is 1. The topological polar surface area (TPSA) is 41.1 Å². The summed E-state index contributed by atoms with van der Waals surface area (Å²) in [7, 11) is 0. The van der Waals surface area contributed by atoms with Crippen LogP contribution >= 0.6 is 11.6 Å². The van der Waals surface area contributed by atoms with Gasteiger partial charge in [0.05, 0.1) is 13.1 Å². The second kappa shape index (κ2) is 6.95. The van der Waals surface area contributed by atoms with Crippen molar-refractivity contribution in [1.29, 1.82) is 0 Å². The number of hydrogen-bond acceptors (Lipinski definition) is 2. The molecule has 90 valence electrons. The SMILES string of the molecule is C#CCNC(=O)CN[C@@H](C)c1ccc(Cl)cc1. The predicted molar refractivity (Wildman–Crippen MR) is 69.7 cm³/mol. The molecule has 0 spiro atoms. The Kier molecular flexibility index (Phi) is 5.55. The normalized spacial score (nSPS) is 11.6. The average Bonchev–Trinajstić information content (AvgIpc) is 2.34. The predicted octanol–water partition coefficient (Wildman–Crippen LogP) is 1.74. The van der Waals surface area contributed by atoms with E-state index in [9.17, 15) is 4.79 Å². The summed E-state index contributed by atoms with van der Waals surface area (Å²) in [5.74, 6) is 2.24. The van der Waals surface area contributed by atoms with Gasteiger partial charge in [-0.25, -0.2) is 0 Å². The van der Waals surface area contributed by atoms with Gasteiger partial charge in [0, 0.05) is 11.1 Å². The molecule has 1 aromatic carbocycles. The van der Waals surface area contributed by atoms with Gasteiger partial charge in [0.15, 0.2) is 0 Å². The molecule has 0 aliphatic rings. The Labute approximate surface area is 107 Å². The van der Waals surface area contributed by atoms with Crippen LogP contribution in [0.15, 0.2) is 24.3 Å². The average molecular weight is 251 g/mol. The molecule has 0 aliphatic heterocycles. The highest BCUT2D eigenvalue weighted by Crippen LogP contribution is 2.15. The zero-order valence-electron chi connectivity index (χ0n) is 9.66. The van der Waals surface area contributed by atoms with Crippen molar-refractivity contribution in [2.24, 2.45) is 0 Å².